The van der Waals surface area contributed by atoms with Gasteiger partial charge in [0.25, 0.3) is 0 Å². The van der Waals surface area contributed by atoms with Gasteiger partial charge in [0, 0.05) is 6.54 Å². The van der Waals surface area contributed by atoms with Crippen molar-refractivity contribution < 1.29 is 4.74 Å². The Hall–Kier alpha value is -0.600. The van der Waals surface area contributed by atoms with Gasteiger partial charge in [-0.2, -0.15) is 0 Å². The summed E-state index contributed by atoms with van der Waals surface area (Å²) in [6.45, 7) is 1.81. The Morgan fingerprint density at radius 3 is 2.83 bits per heavy atom. The topological polar surface area (TPSA) is 12.5 Å². The summed E-state index contributed by atoms with van der Waals surface area (Å²) in [6.07, 6.45) is 9.67. The number of ether oxygens (including phenoxy) is 1. The SMILES string of the molecule is CN(C)CCOC1C=CC=CC1. The number of hydrogen-bond acceptors (Lipinski definition) is 2. The Morgan fingerprint density at radius 2 is 2.25 bits per heavy atom. The smallest absolute Gasteiger partial charge is 0.0794 e. The Kier molecular flexibility index (Phi) is 4.05. The van der Waals surface area contributed by atoms with Gasteiger partial charge in [0.15, 0.2) is 0 Å². The molecule has 0 aliphatic heterocycles. The molecule has 1 unspecified atom stereocenters. The van der Waals surface area contributed by atoms with Crippen LogP contribution in [-0.4, -0.2) is 38.3 Å². The first-order valence-corrected chi connectivity index (χ1v) is 4.38. The van der Waals surface area contributed by atoms with E-state index in [9.17, 15) is 0 Å². The van der Waals surface area contributed by atoms with E-state index in [0.29, 0.717) is 6.10 Å². The zero-order valence-corrected chi connectivity index (χ0v) is 7.86. The van der Waals surface area contributed by atoms with E-state index in [1.54, 1.807) is 0 Å². The minimum Gasteiger partial charge on any atom is -0.372 e. The monoisotopic (exact) mass is 167 g/mol. The minimum absolute atomic E-state index is 0.301. The van der Waals surface area contributed by atoms with Crippen LogP contribution in [0.2, 0.25) is 0 Å². The lowest BCUT2D eigenvalue weighted by Crippen LogP contribution is -2.21. The van der Waals surface area contributed by atoms with Gasteiger partial charge in [-0.3, -0.25) is 0 Å². The molecule has 0 N–H and O–H groups in total. The standard InChI is InChI=1S/C10H17NO/c1-11(2)8-9-12-10-6-4-3-5-7-10/h3-6,10H,7-9H2,1-2H3. The quantitative estimate of drug-likeness (QED) is 0.628. The predicted molar refractivity (Wildman–Crippen MR) is 51.2 cm³/mol. The molecule has 1 rings (SSSR count). The Morgan fingerprint density at radius 1 is 1.42 bits per heavy atom. The predicted octanol–water partition coefficient (Wildman–Crippen LogP) is 1.45. The van der Waals surface area contributed by atoms with E-state index < -0.39 is 0 Å². The third kappa shape index (κ3) is 3.69. The van der Waals surface area contributed by atoms with Gasteiger partial charge in [-0.05, 0) is 20.5 Å². The number of hydrogen-bond donors (Lipinski definition) is 0. The largest absolute Gasteiger partial charge is 0.372 e. The molecule has 0 amide bonds. The molecule has 0 aromatic heterocycles. The molecule has 1 atom stereocenters. The molecule has 0 radical (unpaired) electrons. The van der Waals surface area contributed by atoms with Crippen LogP contribution in [0.1, 0.15) is 6.42 Å². The number of allylic oxidation sites excluding steroid dienone is 2. The van der Waals surface area contributed by atoms with Crippen LogP contribution in [0.3, 0.4) is 0 Å². The molecule has 0 saturated heterocycles. The van der Waals surface area contributed by atoms with Crippen molar-refractivity contribution in [1.29, 1.82) is 0 Å². The summed E-state index contributed by atoms with van der Waals surface area (Å²) in [5.74, 6) is 0. The maximum atomic E-state index is 5.61. The summed E-state index contributed by atoms with van der Waals surface area (Å²) in [7, 11) is 4.11. The molecule has 0 bridgehead atoms. The van der Waals surface area contributed by atoms with Crippen molar-refractivity contribution in [3.05, 3.63) is 24.3 Å². The fourth-order valence-corrected chi connectivity index (χ4v) is 1.07. The lowest BCUT2D eigenvalue weighted by Gasteiger charge is -2.16. The van der Waals surface area contributed by atoms with Gasteiger partial charge in [-0.15, -0.1) is 0 Å². The summed E-state index contributed by atoms with van der Waals surface area (Å²) < 4.78 is 5.61. The van der Waals surface area contributed by atoms with Crippen molar-refractivity contribution in [1.82, 2.24) is 4.90 Å². The molecule has 0 aromatic carbocycles. The average molecular weight is 167 g/mol. The number of rotatable bonds is 4. The molecule has 0 heterocycles. The first-order chi connectivity index (χ1) is 5.79. The molecule has 0 saturated carbocycles. The number of nitrogens with zero attached hydrogens (tertiary/aromatic N) is 1. The fourth-order valence-electron chi connectivity index (χ4n) is 1.07. The van der Waals surface area contributed by atoms with Gasteiger partial charge in [-0.1, -0.05) is 24.3 Å². The highest BCUT2D eigenvalue weighted by Crippen LogP contribution is 2.06. The van der Waals surface area contributed by atoms with Gasteiger partial charge in [0.1, 0.15) is 0 Å². The second-order valence-corrected chi connectivity index (χ2v) is 3.26. The van der Waals surface area contributed by atoms with E-state index in [0.717, 1.165) is 19.6 Å². The van der Waals surface area contributed by atoms with Crippen LogP contribution < -0.4 is 0 Å². The summed E-state index contributed by atoms with van der Waals surface area (Å²) in [4.78, 5) is 2.13. The normalized spacial score (nSPS) is 22.1. The highest BCUT2D eigenvalue weighted by Gasteiger charge is 2.04. The van der Waals surface area contributed by atoms with Crippen LogP contribution in [0.15, 0.2) is 24.3 Å². The highest BCUT2D eigenvalue weighted by molar-refractivity contribution is 5.11. The van der Waals surface area contributed by atoms with Gasteiger partial charge in [0.05, 0.1) is 12.7 Å². The molecule has 1 aliphatic carbocycles. The summed E-state index contributed by atoms with van der Waals surface area (Å²) in [5, 5.41) is 0. The van der Waals surface area contributed by atoms with Crippen LogP contribution in [0.4, 0.5) is 0 Å². The van der Waals surface area contributed by atoms with E-state index in [4.69, 9.17) is 4.74 Å². The van der Waals surface area contributed by atoms with E-state index in [-0.39, 0.29) is 0 Å². The summed E-state index contributed by atoms with van der Waals surface area (Å²) >= 11 is 0. The maximum absolute atomic E-state index is 5.61. The molecule has 12 heavy (non-hydrogen) atoms. The van der Waals surface area contributed by atoms with Gasteiger partial charge in [0.2, 0.25) is 0 Å². The second kappa shape index (κ2) is 5.12. The Labute approximate surface area is 74.5 Å². The highest BCUT2D eigenvalue weighted by atomic mass is 16.5. The molecule has 0 aromatic rings. The zero-order valence-electron chi connectivity index (χ0n) is 7.86. The van der Waals surface area contributed by atoms with E-state index in [1.165, 1.54) is 0 Å². The first-order valence-electron chi connectivity index (χ1n) is 4.38. The molecular weight excluding hydrogens is 150 g/mol. The third-order valence-electron chi connectivity index (χ3n) is 1.81. The van der Waals surface area contributed by atoms with Crippen molar-refractivity contribution in [2.45, 2.75) is 12.5 Å². The average Bonchev–Trinajstić information content (AvgIpc) is 2.05. The summed E-state index contributed by atoms with van der Waals surface area (Å²) in [6, 6.07) is 0. The molecule has 0 spiro atoms. The van der Waals surface area contributed by atoms with Gasteiger partial charge < -0.3 is 9.64 Å². The zero-order chi connectivity index (χ0) is 8.81. The van der Waals surface area contributed by atoms with Crippen molar-refractivity contribution >= 4 is 0 Å². The van der Waals surface area contributed by atoms with Crippen LogP contribution in [-0.2, 0) is 4.74 Å². The first kappa shape index (κ1) is 9.49. The van der Waals surface area contributed by atoms with Crippen molar-refractivity contribution in [3.8, 4) is 0 Å². The third-order valence-corrected chi connectivity index (χ3v) is 1.81. The lowest BCUT2D eigenvalue weighted by atomic mass is 10.1. The van der Waals surface area contributed by atoms with Crippen molar-refractivity contribution in [3.63, 3.8) is 0 Å². The molecular formula is C10H17NO. The van der Waals surface area contributed by atoms with Gasteiger partial charge in [-0.25, -0.2) is 0 Å². The molecule has 2 nitrogen and oxygen atoms in total. The van der Waals surface area contributed by atoms with E-state index in [2.05, 4.69) is 37.2 Å². The van der Waals surface area contributed by atoms with Crippen molar-refractivity contribution in [2.24, 2.45) is 0 Å². The lowest BCUT2D eigenvalue weighted by molar-refractivity contribution is 0.0747. The minimum atomic E-state index is 0.301. The molecule has 1 aliphatic rings. The van der Waals surface area contributed by atoms with Crippen LogP contribution in [0, 0.1) is 0 Å². The summed E-state index contributed by atoms with van der Waals surface area (Å²) in [5.41, 5.74) is 0. The van der Waals surface area contributed by atoms with E-state index >= 15 is 0 Å². The molecule has 0 fully saturated rings. The van der Waals surface area contributed by atoms with Crippen molar-refractivity contribution in [2.75, 3.05) is 27.2 Å². The van der Waals surface area contributed by atoms with Crippen LogP contribution in [0.5, 0.6) is 0 Å². The van der Waals surface area contributed by atoms with E-state index in [1.807, 2.05) is 6.08 Å². The fraction of sp³-hybridized carbons (Fsp3) is 0.600. The maximum Gasteiger partial charge on any atom is 0.0794 e. The number of likely N-dealkylation sites (N-methyl/N-ethyl adjacent to an activating group) is 1. The van der Waals surface area contributed by atoms with Crippen LogP contribution in [0.25, 0.3) is 0 Å². The molecule has 2 heteroatoms. The second-order valence-electron chi connectivity index (χ2n) is 3.26. The Bertz CT molecular complexity index is 173. The van der Waals surface area contributed by atoms with Gasteiger partial charge >= 0.3 is 0 Å². The Balaban J connectivity index is 2.07. The van der Waals surface area contributed by atoms with Crippen LogP contribution >= 0.6 is 0 Å². The molecule has 68 valence electrons.